The molecule has 0 unspecified atom stereocenters. The van der Waals surface area contributed by atoms with Crippen molar-refractivity contribution in [1.29, 1.82) is 0 Å². The highest BCUT2D eigenvalue weighted by atomic mass is 19.1. The van der Waals surface area contributed by atoms with E-state index in [9.17, 15) is 9.59 Å². The van der Waals surface area contributed by atoms with Gasteiger partial charge in [-0.1, -0.05) is 12.8 Å². The fourth-order valence-corrected chi connectivity index (χ4v) is 6.40. The maximum atomic E-state index is 15.2. The minimum absolute atomic E-state index is 0.0404. The number of carbonyl (C=O) groups is 2. The van der Waals surface area contributed by atoms with E-state index in [4.69, 9.17) is 0 Å². The third-order valence-corrected chi connectivity index (χ3v) is 8.95. The van der Waals surface area contributed by atoms with Gasteiger partial charge in [0.15, 0.2) is 5.82 Å². The van der Waals surface area contributed by atoms with E-state index in [2.05, 4.69) is 25.5 Å². The van der Waals surface area contributed by atoms with E-state index >= 15 is 8.78 Å². The van der Waals surface area contributed by atoms with Crippen LogP contribution < -0.4 is 20.5 Å². The van der Waals surface area contributed by atoms with E-state index in [0.29, 0.717) is 24.6 Å². The number of rotatable bonds is 9. The molecule has 3 heterocycles. The Morgan fingerprint density at radius 2 is 1.83 bits per heavy atom. The second kappa shape index (κ2) is 11.0. The number of hydrogen-bond acceptors (Lipinski definition) is 7. The van der Waals surface area contributed by atoms with Crippen molar-refractivity contribution in [2.45, 2.75) is 64.3 Å². The first-order valence-electron chi connectivity index (χ1n) is 14.8. The van der Waals surface area contributed by atoms with E-state index in [-0.39, 0.29) is 34.7 Å². The molecule has 220 valence electrons. The van der Waals surface area contributed by atoms with E-state index in [1.54, 1.807) is 12.1 Å². The fraction of sp³-hybridized carbons (Fsp3) is 0.586. The van der Waals surface area contributed by atoms with Crippen molar-refractivity contribution < 1.29 is 18.4 Å². The summed E-state index contributed by atoms with van der Waals surface area (Å²) in [5, 5.41) is 9.21. The number of nitrogens with one attached hydrogen (secondary N) is 2. The van der Waals surface area contributed by atoms with Gasteiger partial charge in [0.25, 0.3) is 5.91 Å². The average Bonchev–Trinajstić information content (AvgIpc) is 3.30. The number of anilines is 4. The van der Waals surface area contributed by atoms with Gasteiger partial charge in [0, 0.05) is 38.2 Å². The second-order valence-electron chi connectivity index (χ2n) is 11.8. The van der Waals surface area contributed by atoms with Crippen molar-refractivity contribution in [3.8, 4) is 0 Å². The van der Waals surface area contributed by atoms with E-state index in [0.717, 1.165) is 70.3 Å². The first-order chi connectivity index (χ1) is 19.8. The maximum absolute atomic E-state index is 15.2. The Morgan fingerprint density at radius 3 is 2.51 bits per heavy atom. The zero-order valence-corrected chi connectivity index (χ0v) is 23.8. The van der Waals surface area contributed by atoms with Crippen LogP contribution in [0, 0.1) is 17.0 Å². The lowest BCUT2D eigenvalue weighted by Gasteiger charge is -2.45. The topological polar surface area (TPSA) is 96.9 Å². The molecule has 2 aromatic rings. The predicted octanol–water partition coefficient (Wildman–Crippen LogP) is 4.66. The molecule has 1 saturated heterocycles. The van der Waals surface area contributed by atoms with Crippen LogP contribution >= 0.6 is 0 Å². The standard InChI is InChI=1S/C29H38F2N8O2/c1-3-38-28(41)36(2)24-16-32-27(35-25(24)39(38)19-8-4-5-9-19)34-23-15-21(30)20(14-22(23)31)26(40)33-17-29(10-11-29)18-37-12-6-7-13-37/h14-16,19H,3-13,17-18H2,1-2H3,(H,33,40)(H,32,34,35). The number of carbonyl (C=O) groups excluding carboxylic acids is 2. The van der Waals surface area contributed by atoms with Crippen LogP contribution in [0.2, 0.25) is 0 Å². The molecule has 1 aromatic heterocycles. The Kier molecular flexibility index (Phi) is 7.43. The Balaban J connectivity index is 1.18. The van der Waals surface area contributed by atoms with Crippen molar-refractivity contribution in [2.24, 2.45) is 5.41 Å². The quantitative estimate of drug-likeness (QED) is 0.454. The fourth-order valence-electron chi connectivity index (χ4n) is 6.40. The molecule has 3 amide bonds. The van der Waals surface area contributed by atoms with Crippen LogP contribution in [-0.2, 0) is 0 Å². The minimum atomic E-state index is -0.830. The molecule has 41 heavy (non-hydrogen) atoms. The van der Waals surface area contributed by atoms with Gasteiger partial charge < -0.3 is 15.5 Å². The molecular formula is C29H38F2N8O2. The molecule has 2 aliphatic carbocycles. The molecule has 1 aromatic carbocycles. The molecule has 10 nitrogen and oxygen atoms in total. The highest BCUT2D eigenvalue weighted by Crippen LogP contribution is 2.46. The summed E-state index contributed by atoms with van der Waals surface area (Å²) in [5.74, 6) is -1.63. The number of fused-ring (bicyclic) bond motifs is 1. The molecule has 2 saturated carbocycles. The summed E-state index contributed by atoms with van der Waals surface area (Å²) in [5.41, 5.74) is 0.0850. The lowest BCUT2D eigenvalue weighted by molar-refractivity contribution is 0.0935. The van der Waals surface area contributed by atoms with Crippen molar-refractivity contribution in [3.05, 3.63) is 35.5 Å². The van der Waals surface area contributed by atoms with Gasteiger partial charge in [-0.25, -0.2) is 23.6 Å². The first kappa shape index (κ1) is 27.6. The molecule has 0 radical (unpaired) electrons. The van der Waals surface area contributed by atoms with Crippen LogP contribution in [0.4, 0.5) is 36.7 Å². The molecular weight excluding hydrogens is 530 g/mol. The lowest BCUT2D eigenvalue weighted by atomic mass is 10.1. The third kappa shape index (κ3) is 5.41. The number of benzene rings is 1. The van der Waals surface area contributed by atoms with E-state index in [1.807, 2.05) is 11.9 Å². The van der Waals surface area contributed by atoms with Gasteiger partial charge in [-0.2, -0.15) is 4.98 Å². The zero-order chi connectivity index (χ0) is 28.7. The summed E-state index contributed by atoms with van der Waals surface area (Å²) in [6.45, 7) is 5.94. The molecule has 0 bridgehead atoms. The van der Waals surface area contributed by atoms with Gasteiger partial charge >= 0.3 is 6.03 Å². The summed E-state index contributed by atoms with van der Waals surface area (Å²) in [4.78, 5) is 38.7. The monoisotopic (exact) mass is 568 g/mol. The van der Waals surface area contributed by atoms with Crippen LogP contribution in [0.3, 0.4) is 0 Å². The molecule has 2 N–H and O–H groups in total. The lowest BCUT2D eigenvalue weighted by Crippen LogP contribution is -2.59. The number of hydrazine groups is 1. The summed E-state index contributed by atoms with van der Waals surface area (Å²) < 4.78 is 30.3. The molecule has 3 fully saturated rings. The van der Waals surface area contributed by atoms with Gasteiger partial charge in [0.1, 0.15) is 17.3 Å². The highest BCUT2D eigenvalue weighted by molar-refractivity contribution is 5.99. The largest absolute Gasteiger partial charge is 0.351 e. The summed E-state index contributed by atoms with van der Waals surface area (Å²) >= 11 is 0. The molecule has 6 rings (SSSR count). The second-order valence-corrected chi connectivity index (χ2v) is 11.8. The van der Waals surface area contributed by atoms with Gasteiger partial charge in [-0.05, 0) is 64.6 Å². The van der Waals surface area contributed by atoms with Gasteiger partial charge in [-0.15, -0.1) is 0 Å². The molecule has 4 aliphatic rings. The van der Waals surface area contributed by atoms with Crippen LogP contribution in [0.15, 0.2) is 18.3 Å². The number of amides is 3. The highest BCUT2D eigenvalue weighted by Gasteiger charge is 2.44. The van der Waals surface area contributed by atoms with E-state index in [1.165, 1.54) is 23.9 Å². The molecule has 0 spiro atoms. The summed E-state index contributed by atoms with van der Waals surface area (Å²) in [6, 6.07) is 1.84. The molecule has 12 heteroatoms. The van der Waals surface area contributed by atoms with Crippen molar-refractivity contribution in [2.75, 3.05) is 55.0 Å². The van der Waals surface area contributed by atoms with Gasteiger partial charge in [0.05, 0.1) is 23.5 Å². The number of hydrogen-bond donors (Lipinski definition) is 2. The maximum Gasteiger partial charge on any atom is 0.343 e. The Labute approximate surface area is 239 Å². The number of halogens is 2. The van der Waals surface area contributed by atoms with E-state index < -0.39 is 17.5 Å². The third-order valence-electron chi connectivity index (χ3n) is 8.95. The summed E-state index contributed by atoms with van der Waals surface area (Å²) in [7, 11) is 1.67. The number of nitrogens with zero attached hydrogens (tertiary/aromatic N) is 6. The normalized spacial score (nSPS) is 20.5. The smallest absolute Gasteiger partial charge is 0.343 e. The first-order valence-corrected chi connectivity index (χ1v) is 14.8. The van der Waals surface area contributed by atoms with Crippen LogP contribution in [0.5, 0.6) is 0 Å². The SMILES string of the molecule is CCN1C(=O)N(C)c2cnc(Nc3cc(F)c(C(=O)NCC4(CN5CCCC5)CC4)cc3F)nc2N1C1CCCC1. The van der Waals surface area contributed by atoms with Gasteiger partial charge in [0.2, 0.25) is 5.95 Å². The molecule has 2 aliphatic heterocycles. The van der Waals surface area contributed by atoms with Crippen LogP contribution in [-0.4, -0.2) is 77.6 Å². The molecule has 0 atom stereocenters. The predicted molar refractivity (Wildman–Crippen MR) is 152 cm³/mol. The minimum Gasteiger partial charge on any atom is -0.351 e. The summed E-state index contributed by atoms with van der Waals surface area (Å²) in [6.07, 6.45) is 9.99. The Hall–Kier alpha value is -3.54. The van der Waals surface area contributed by atoms with Gasteiger partial charge in [-0.3, -0.25) is 14.7 Å². The van der Waals surface area contributed by atoms with Crippen molar-refractivity contribution in [1.82, 2.24) is 25.2 Å². The number of urea groups is 1. The van der Waals surface area contributed by atoms with Crippen molar-refractivity contribution in [3.63, 3.8) is 0 Å². The van der Waals surface area contributed by atoms with Crippen molar-refractivity contribution >= 4 is 35.1 Å². The number of likely N-dealkylation sites (tertiary alicyclic amines) is 1. The number of aromatic nitrogens is 2. The zero-order valence-electron chi connectivity index (χ0n) is 23.8. The average molecular weight is 569 g/mol. The van der Waals surface area contributed by atoms with Crippen LogP contribution in [0.25, 0.3) is 0 Å². The van der Waals surface area contributed by atoms with Crippen LogP contribution in [0.1, 0.15) is 68.6 Å². The Bertz CT molecular complexity index is 1320. The Morgan fingerprint density at radius 1 is 1.10 bits per heavy atom.